The summed E-state index contributed by atoms with van der Waals surface area (Å²) < 4.78 is 11.1. The summed E-state index contributed by atoms with van der Waals surface area (Å²) in [7, 11) is 3.50. The Bertz CT molecular complexity index is 1720. The molecule has 0 aliphatic carbocycles. The summed E-state index contributed by atoms with van der Waals surface area (Å²) in [5, 5.41) is 0. The van der Waals surface area contributed by atoms with Gasteiger partial charge in [0, 0.05) is 73.4 Å². The van der Waals surface area contributed by atoms with Gasteiger partial charge in [-0.1, -0.05) is 0 Å². The fraction of sp³-hybridized carbons (Fsp3) is 0.314. The number of anilines is 6. The molecular weight excluding hydrogens is 536 g/mol. The summed E-state index contributed by atoms with van der Waals surface area (Å²) in [5.41, 5.74) is 16.7. The molecule has 0 saturated heterocycles. The Hall–Kier alpha value is -4.72. The van der Waals surface area contributed by atoms with Crippen LogP contribution in [0.3, 0.4) is 0 Å². The molecule has 0 N–H and O–H groups in total. The van der Waals surface area contributed by atoms with Crippen LogP contribution < -0.4 is 38.9 Å². The van der Waals surface area contributed by atoms with Crippen LogP contribution in [0.1, 0.15) is 33.4 Å². The van der Waals surface area contributed by atoms with Gasteiger partial charge in [0.2, 0.25) is 0 Å². The van der Waals surface area contributed by atoms with Crippen molar-refractivity contribution in [1.29, 1.82) is 0 Å². The van der Waals surface area contributed by atoms with Crippen molar-refractivity contribution in [2.24, 2.45) is 0 Å². The van der Waals surface area contributed by atoms with Crippen molar-refractivity contribution in [3.63, 3.8) is 0 Å². The van der Waals surface area contributed by atoms with Crippen molar-refractivity contribution in [2.75, 3.05) is 63.6 Å². The van der Waals surface area contributed by atoms with E-state index >= 15 is 0 Å². The fourth-order valence-corrected chi connectivity index (χ4v) is 8.38. The van der Waals surface area contributed by atoms with Crippen LogP contribution >= 0.6 is 0 Å². The Labute approximate surface area is 251 Å². The van der Waals surface area contributed by atoms with Crippen molar-refractivity contribution in [3.8, 4) is 11.5 Å². The predicted molar refractivity (Wildman–Crippen MR) is 171 cm³/mol. The number of rotatable bonds is 2. The Kier molecular flexibility index (Phi) is 4.67. The highest BCUT2D eigenvalue weighted by Crippen LogP contribution is 2.47. The molecule has 0 atom stereocenters. The lowest BCUT2D eigenvalue weighted by Gasteiger charge is -2.49. The second kappa shape index (κ2) is 8.43. The van der Waals surface area contributed by atoms with Crippen LogP contribution in [-0.4, -0.2) is 34.2 Å². The van der Waals surface area contributed by atoms with E-state index in [0.29, 0.717) is 0 Å². The van der Waals surface area contributed by atoms with E-state index in [1.54, 1.807) is 14.2 Å². The van der Waals surface area contributed by atoms with Gasteiger partial charge in [-0.25, -0.2) is 0 Å². The maximum absolute atomic E-state index is 5.54. The Morgan fingerprint density at radius 1 is 0.372 bits per heavy atom. The third-order valence-corrected chi connectivity index (χ3v) is 10.4. The second-order valence-corrected chi connectivity index (χ2v) is 12.8. The molecule has 0 saturated carbocycles. The van der Waals surface area contributed by atoms with Crippen molar-refractivity contribution < 1.29 is 9.47 Å². The summed E-state index contributed by atoms with van der Waals surface area (Å²) in [6, 6.07) is 23.0. The summed E-state index contributed by atoms with van der Waals surface area (Å²) in [5.74, 6) is 1.87. The van der Waals surface area contributed by atoms with E-state index in [1.165, 1.54) is 67.5 Å². The van der Waals surface area contributed by atoms with Crippen LogP contribution in [0.5, 0.6) is 11.5 Å². The van der Waals surface area contributed by atoms with Gasteiger partial charge in [0.1, 0.15) is 11.5 Å². The zero-order valence-corrected chi connectivity index (χ0v) is 24.6. The van der Waals surface area contributed by atoms with E-state index in [2.05, 4.69) is 90.1 Å². The molecule has 6 aliphatic rings. The first-order valence-corrected chi connectivity index (χ1v) is 15.3. The van der Waals surface area contributed by atoms with Crippen molar-refractivity contribution in [2.45, 2.75) is 39.3 Å². The number of benzene rings is 4. The minimum Gasteiger partial charge on any atom is -0.497 e. The van der Waals surface area contributed by atoms with E-state index in [9.17, 15) is 0 Å². The number of hydrogen-bond acceptors (Lipinski definition) is 8. The van der Waals surface area contributed by atoms with Crippen molar-refractivity contribution >= 4 is 34.1 Å². The van der Waals surface area contributed by atoms with E-state index in [0.717, 1.165) is 70.8 Å². The quantitative estimate of drug-likeness (QED) is 0.309. The van der Waals surface area contributed by atoms with Gasteiger partial charge in [-0.05, 0) is 94.0 Å². The number of ether oxygens (including phenoxy) is 2. The maximum atomic E-state index is 5.54. The molecule has 10 rings (SSSR count). The summed E-state index contributed by atoms with van der Waals surface area (Å²) >= 11 is 0. The van der Waals surface area contributed by atoms with Gasteiger partial charge in [0.05, 0.1) is 34.2 Å². The minimum atomic E-state index is 0.917. The highest BCUT2D eigenvalue weighted by atomic mass is 16.5. The summed E-state index contributed by atoms with van der Waals surface area (Å²) in [4.78, 5) is 15.3. The lowest BCUT2D eigenvalue weighted by Crippen LogP contribution is -2.49. The molecule has 0 fully saturated rings. The van der Waals surface area contributed by atoms with Gasteiger partial charge in [-0.15, -0.1) is 0 Å². The molecule has 8 heteroatoms. The Morgan fingerprint density at radius 2 is 0.651 bits per heavy atom. The Balaban J connectivity index is 0.986. The summed E-state index contributed by atoms with van der Waals surface area (Å²) in [6.45, 7) is 8.44. The van der Waals surface area contributed by atoms with Crippen LogP contribution in [0.15, 0.2) is 60.7 Å². The van der Waals surface area contributed by atoms with Gasteiger partial charge in [-0.2, -0.15) is 0 Å². The van der Waals surface area contributed by atoms with E-state index in [1.807, 2.05) is 0 Å². The third-order valence-electron chi connectivity index (χ3n) is 10.4. The molecule has 0 aromatic heterocycles. The standard InChI is InChI=1S/C35H34N6O2/c1-42-28-3-5-30-22(7-28)13-38-19-36(30)15-24-9-34-26(11-32(24)38)17-40-21-41(34)18-27-12-33-25(10-35(27)40)16-37-20-39(33)14-23-8-29(43-2)4-6-31(23)37/h3-12H,13-21H2,1-2H3. The van der Waals surface area contributed by atoms with Crippen LogP contribution in [0.4, 0.5) is 34.1 Å². The van der Waals surface area contributed by atoms with Crippen LogP contribution in [0.25, 0.3) is 0 Å². The molecule has 0 amide bonds. The van der Waals surface area contributed by atoms with Crippen LogP contribution in [0.2, 0.25) is 0 Å². The normalized spacial score (nSPS) is 18.3. The molecule has 0 spiro atoms. The first kappa shape index (κ1) is 23.8. The Morgan fingerprint density at radius 3 is 0.953 bits per heavy atom. The average Bonchev–Trinajstić information content (AvgIpc) is 3.03. The zero-order valence-electron chi connectivity index (χ0n) is 24.6. The number of methoxy groups -OCH3 is 2. The fourth-order valence-electron chi connectivity index (χ4n) is 8.38. The van der Waals surface area contributed by atoms with Crippen LogP contribution in [-0.2, 0) is 39.3 Å². The van der Waals surface area contributed by atoms with Crippen molar-refractivity contribution in [1.82, 2.24) is 0 Å². The largest absolute Gasteiger partial charge is 0.497 e. The first-order chi connectivity index (χ1) is 21.1. The molecule has 0 unspecified atom stereocenters. The number of fused-ring (bicyclic) bond motifs is 18. The van der Waals surface area contributed by atoms with Gasteiger partial charge in [-0.3, -0.25) is 0 Å². The molecule has 6 bridgehead atoms. The molecule has 8 nitrogen and oxygen atoms in total. The molecule has 43 heavy (non-hydrogen) atoms. The molecule has 6 aliphatic heterocycles. The first-order valence-electron chi connectivity index (χ1n) is 15.3. The topological polar surface area (TPSA) is 37.9 Å². The van der Waals surface area contributed by atoms with Crippen molar-refractivity contribution in [3.05, 3.63) is 94.0 Å². The smallest absolute Gasteiger partial charge is 0.119 e. The van der Waals surface area contributed by atoms with Gasteiger partial charge < -0.3 is 38.9 Å². The molecule has 0 radical (unpaired) electrons. The van der Waals surface area contributed by atoms with Gasteiger partial charge in [0.15, 0.2) is 0 Å². The second-order valence-electron chi connectivity index (χ2n) is 12.8. The number of nitrogens with zero attached hydrogens (tertiary/aromatic N) is 6. The van der Waals surface area contributed by atoms with Gasteiger partial charge in [0.25, 0.3) is 0 Å². The molecule has 216 valence electrons. The maximum Gasteiger partial charge on any atom is 0.119 e. The van der Waals surface area contributed by atoms with E-state index in [4.69, 9.17) is 9.47 Å². The highest BCUT2D eigenvalue weighted by molar-refractivity contribution is 5.79. The van der Waals surface area contributed by atoms with Crippen LogP contribution in [0, 0.1) is 0 Å². The lowest BCUT2D eigenvalue weighted by atomic mass is 9.93. The van der Waals surface area contributed by atoms with E-state index < -0.39 is 0 Å². The lowest BCUT2D eigenvalue weighted by molar-refractivity contribution is 0.413. The molecule has 6 heterocycles. The molecule has 4 aromatic rings. The predicted octanol–water partition coefficient (Wildman–Crippen LogP) is 5.60. The third kappa shape index (κ3) is 3.37. The monoisotopic (exact) mass is 570 g/mol. The zero-order chi connectivity index (χ0) is 28.4. The number of hydrogen-bond donors (Lipinski definition) is 0. The van der Waals surface area contributed by atoms with E-state index in [-0.39, 0.29) is 0 Å². The highest BCUT2D eigenvalue weighted by Gasteiger charge is 2.37. The average molecular weight is 571 g/mol. The van der Waals surface area contributed by atoms with Gasteiger partial charge >= 0.3 is 0 Å². The minimum absolute atomic E-state index is 0.917. The SMILES string of the molecule is COc1ccc2c(c1)CN1CN2Cc2cc3c(cc21)CN1CN3Cc2cc3c(cc21)CN1CN3Cc2cc(OC)ccc21. The molecular formula is C35H34N6O2. The molecule has 4 aromatic carbocycles. The summed E-state index contributed by atoms with van der Waals surface area (Å²) in [6.07, 6.45) is 0.